The second-order valence-electron chi connectivity index (χ2n) is 9.45. The van der Waals surface area contributed by atoms with E-state index in [1.54, 1.807) is 18.3 Å². The zero-order valence-electron chi connectivity index (χ0n) is 20.0. The summed E-state index contributed by atoms with van der Waals surface area (Å²) >= 11 is 0. The van der Waals surface area contributed by atoms with Gasteiger partial charge < -0.3 is 9.72 Å². The molecule has 5 nitrogen and oxygen atoms in total. The number of hydrogen-bond acceptors (Lipinski definition) is 3. The van der Waals surface area contributed by atoms with E-state index in [2.05, 4.69) is 39.5 Å². The second-order valence-corrected chi connectivity index (χ2v) is 9.45. The normalized spacial score (nSPS) is 15.8. The van der Waals surface area contributed by atoms with Gasteiger partial charge in [0.15, 0.2) is 0 Å². The van der Waals surface area contributed by atoms with Crippen LogP contribution in [-0.2, 0) is 11.3 Å². The van der Waals surface area contributed by atoms with Crippen LogP contribution in [0.25, 0.3) is 5.65 Å². The summed E-state index contributed by atoms with van der Waals surface area (Å²) < 4.78 is 16.8. The van der Waals surface area contributed by atoms with E-state index in [-0.39, 0.29) is 24.2 Å². The van der Waals surface area contributed by atoms with Crippen LogP contribution in [0, 0.1) is 12.7 Å². The molecule has 1 fully saturated rings. The van der Waals surface area contributed by atoms with Gasteiger partial charge in [-0.25, -0.2) is 9.37 Å². The van der Waals surface area contributed by atoms with E-state index in [1.165, 1.54) is 11.6 Å². The number of fused-ring (bicyclic) bond motifs is 1. The molecule has 2 aromatic carbocycles. The van der Waals surface area contributed by atoms with E-state index in [0.29, 0.717) is 5.56 Å². The third-order valence-corrected chi connectivity index (χ3v) is 6.99. The molecule has 0 aliphatic carbocycles. The number of nitrogens with zero attached hydrogens (tertiary/aromatic N) is 3. The first-order valence-corrected chi connectivity index (χ1v) is 12.3. The number of imidazole rings is 1. The van der Waals surface area contributed by atoms with Crippen molar-refractivity contribution >= 4 is 11.6 Å². The van der Waals surface area contributed by atoms with Crippen LogP contribution >= 0.6 is 0 Å². The number of aromatic nitrogens is 2. The van der Waals surface area contributed by atoms with E-state index in [9.17, 15) is 9.18 Å². The third-order valence-electron chi connectivity index (χ3n) is 6.99. The summed E-state index contributed by atoms with van der Waals surface area (Å²) in [6, 6.07) is 21.3. The largest absolute Gasteiger partial charge is 0.353 e. The summed E-state index contributed by atoms with van der Waals surface area (Å²) in [5.41, 5.74) is 4.52. The van der Waals surface area contributed by atoms with Crippen molar-refractivity contribution in [3.63, 3.8) is 0 Å². The van der Waals surface area contributed by atoms with Gasteiger partial charge in [-0.05, 0) is 48.6 Å². The Morgan fingerprint density at radius 1 is 1.06 bits per heavy atom. The molecule has 1 unspecified atom stereocenters. The standard InChI is InChI=1S/C29H31FN4O/c1-21-8-7-15-34-27(19-31-29(21)34)25(24-11-5-6-12-26(24)30)18-28(35)32-23-13-16-33(17-14-23)20-22-9-3-2-4-10-22/h2-12,15,19,23,25H,13-14,16-18,20H2,1H3,(H,32,35). The number of carbonyl (C=O) groups excluding carboxylic acids is 1. The zero-order chi connectivity index (χ0) is 24.2. The minimum atomic E-state index is -0.425. The van der Waals surface area contributed by atoms with Gasteiger partial charge in [-0.3, -0.25) is 9.69 Å². The molecule has 35 heavy (non-hydrogen) atoms. The van der Waals surface area contributed by atoms with Crippen molar-refractivity contribution in [1.29, 1.82) is 0 Å². The lowest BCUT2D eigenvalue weighted by molar-refractivity contribution is -0.122. The highest BCUT2D eigenvalue weighted by Crippen LogP contribution is 2.31. The van der Waals surface area contributed by atoms with Crippen molar-refractivity contribution in [3.8, 4) is 0 Å². The predicted octanol–water partition coefficient (Wildman–Crippen LogP) is 5.08. The fourth-order valence-electron chi connectivity index (χ4n) is 5.11. The Morgan fingerprint density at radius 3 is 2.57 bits per heavy atom. The Kier molecular flexibility index (Phi) is 6.91. The first kappa shape index (κ1) is 23.2. The van der Waals surface area contributed by atoms with Crippen LogP contribution in [0.5, 0.6) is 0 Å². The van der Waals surface area contributed by atoms with Gasteiger partial charge in [-0.2, -0.15) is 0 Å². The third kappa shape index (κ3) is 5.28. The average molecular weight is 471 g/mol. The van der Waals surface area contributed by atoms with Crippen LogP contribution in [-0.4, -0.2) is 39.3 Å². The lowest BCUT2D eigenvalue weighted by Gasteiger charge is -2.32. The van der Waals surface area contributed by atoms with Gasteiger partial charge in [0.05, 0.1) is 5.69 Å². The van der Waals surface area contributed by atoms with Gasteiger partial charge in [0.25, 0.3) is 0 Å². The second kappa shape index (κ2) is 10.4. The smallest absolute Gasteiger partial charge is 0.221 e. The van der Waals surface area contributed by atoms with Crippen molar-refractivity contribution in [2.24, 2.45) is 0 Å². The minimum Gasteiger partial charge on any atom is -0.353 e. The number of pyridine rings is 1. The highest BCUT2D eigenvalue weighted by atomic mass is 19.1. The molecule has 4 aromatic rings. The van der Waals surface area contributed by atoms with Crippen molar-refractivity contribution in [3.05, 3.63) is 107 Å². The number of nitrogens with one attached hydrogen (secondary N) is 1. The first-order valence-electron chi connectivity index (χ1n) is 12.3. The molecule has 2 aromatic heterocycles. The molecule has 1 aliphatic heterocycles. The van der Waals surface area contributed by atoms with Crippen molar-refractivity contribution < 1.29 is 9.18 Å². The lowest BCUT2D eigenvalue weighted by atomic mass is 9.91. The molecule has 5 rings (SSSR count). The molecule has 3 heterocycles. The number of aryl methyl sites for hydroxylation is 1. The van der Waals surface area contributed by atoms with Gasteiger partial charge in [-0.1, -0.05) is 54.6 Å². The highest BCUT2D eigenvalue weighted by Gasteiger charge is 2.27. The quantitative estimate of drug-likeness (QED) is 0.410. The van der Waals surface area contributed by atoms with Crippen LogP contribution in [0.15, 0.2) is 79.1 Å². The van der Waals surface area contributed by atoms with Crippen LogP contribution in [0.4, 0.5) is 4.39 Å². The number of hydrogen-bond donors (Lipinski definition) is 1. The summed E-state index contributed by atoms with van der Waals surface area (Å²) in [5, 5.41) is 3.23. The molecule has 1 N–H and O–H groups in total. The Labute approximate surface area is 205 Å². The zero-order valence-corrected chi connectivity index (χ0v) is 20.0. The summed E-state index contributed by atoms with van der Waals surface area (Å²) in [4.78, 5) is 20.2. The molecule has 0 bridgehead atoms. The van der Waals surface area contributed by atoms with Crippen LogP contribution < -0.4 is 5.32 Å². The molecule has 0 saturated carbocycles. The van der Waals surface area contributed by atoms with Crippen molar-refractivity contribution in [1.82, 2.24) is 19.6 Å². The highest BCUT2D eigenvalue weighted by molar-refractivity contribution is 5.78. The molecule has 1 amide bonds. The van der Waals surface area contributed by atoms with E-state index >= 15 is 0 Å². The molecule has 6 heteroatoms. The van der Waals surface area contributed by atoms with E-state index in [1.807, 2.05) is 41.8 Å². The van der Waals surface area contributed by atoms with Gasteiger partial charge in [0, 0.05) is 50.4 Å². The summed E-state index contributed by atoms with van der Waals surface area (Å²) in [6.07, 6.45) is 5.70. The molecule has 1 saturated heterocycles. The molecule has 1 atom stereocenters. The van der Waals surface area contributed by atoms with Gasteiger partial charge in [0.1, 0.15) is 11.5 Å². The Hall–Kier alpha value is -3.51. The van der Waals surface area contributed by atoms with Gasteiger partial charge in [0.2, 0.25) is 5.91 Å². The summed E-state index contributed by atoms with van der Waals surface area (Å²) in [7, 11) is 0. The number of rotatable bonds is 7. The number of piperidine rings is 1. The molecular weight excluding hydrogens is 439 g/mol. The topological polar surface area (TPSA) is 49.6 Å². The summed E-state index contributed by atoms with van der Waals surface area (Å²) in [5.74, 6) is -0.782. The predicted molar refractivity (Wildman–Crippen MR) is 136 cm³/mol. The molecular formula is C29H31FN4O. The molecule has 180 valence electrons. The number of likely N-dealkylation sites (tertiary alicyclic amines) is 1. The fraction of sp³-hybridized carbons (Fsp3) is 0.310. The number of carbonyl (C=O) groups is 1. The minimum absolute atomic E-state index is 0.0534. The van der Waals surface area contributed by atoms with Crippen LogP contribution in [0.3, 0.4) is 0 Å². The monoisotopic (exact) mass is 470 g/mol. The fourth-order valence-corrected chi connectivity index (χ4v) is 5.11. The Balaban J connectivity index is 1.28. The maximum atomic E-state index is 14.9. The molecule has 0 radical (unpaired) electrons. The average Bonchev–Trinajstić information content (AvgIpc) is 3.30. The van der Waals surface area contributed by atoms with Crippen molar-refractivity contribution in [2.45, 2.75) is 44.7 Å². The number of halogens is 1. The van der Waals surface area contributed by atoms with Gasteiger partial charge in [-0.15, -0.1) is 0 Å². The van der Waals surface area contributed by atoms with E-state index in [4.69, 9.17) is 0 Å². The molecule has 1 aliphatic rings. The van der Waals surface area contributed by atoms with E-state index < -0.39 is 5.92 Å². The maximum Gasteiger partial charge on any atom is 0.221 e. The van der Waals surface area contributed by atoms with E-state index in [0.717, 1.165) is 49.4 Å². The van der Waals surface area contributed by atoms with Crippen LogP contribution in [0.2, 0.25) is 0 Å². The SMILES string of the molecule is Cc1cccn2c(C(CC(=O)NC3CCN(Cc4ccccc4)CC3)c3ccccc3F)cnc12. The van der Waals surface area contributed by atoms with Crippen molar-refractivity contribution in [2.75, 3.05) is 13.1 Å². The first-order chi connectivity index (χ1) is 17.1. The number of benzene rings is 2. The lowest BCUT2D eigenvalue weighted by Crippen LogP contribution is -2.44. The van der Waals surface area contributed by atoms with Gasteiger partial charge >= 0.3 is 0 Å². The Bertz CT molecular complexity index is 1290. The maximum absolute atomic E-state index is 14.9. The molecule has 0 spiro atoms. The summed E-state index contributed by atoms with van der Waals surface area (Å²) in [6.45, 7) is 4.83. The van der Waals surface area contributed by atoms with Crippen LogP contribution in [0.1, 0.15) is 47.6 Å². The Morgan fingerprint density at radius 2 is 1.80 bits per heavy atom. The number of amides is 1.